The molecule has 2 aromatic rings. The maximum atomic E-state index is 13.8. The van der Waals surface area contributed by atoms with Gasteiger partial charge < -0.3 is 0 Å². The van der Waals surface area contributed by atoms with E-state index in [9.17, 15) is 13.4 Å². The van der Waals surface area contributed by atoms with Gasteiger partial charge in [0.2, 0.25) is 0 Å². The first-order chi connectivity index (χ1) is 12.4. The van der Waals surface area contributed by atoms with E-state index in [1.54, 1.807) is 18.6 Å². The molecule has 0 bridgehead atoms. The Kier molecular flexibility index (Phi) is 5.58. The number of rotatable bonds is 4. The molecule has 134 valence electrons. The number of halogens is 1. The van der Waals surface area contributed by atoms with Crippen LogP contribution in [-0.4, -0.2) is 21.8 Å². The molecular weight excluding hydrogens is 367 g/mol. The highest BCUT2D eigenvalue weighted by Crippen LogP contribution is 2.44. The average Bonchev–Trinajstić information content (AvgIpc) is 2.87. The van der Waals surface area contributed by atoms with Crippen molar-refractivity contribution in [2.24, 2.45) is 0 Å². The summed E-state index contributed by atoms with van der Waals surface area (Å²) in [5, 5.41) is 0.0607. The Morgan fingerprint density at radius 1 is 1.15 bits per heavy atom. The van der Waals surface area contributed by atoms with Crippen molar-refractivity contribution in [3.63, 3.8) is 0 Å². The van der Waals surface area contributed by atoms with Crippen LogP contribution in [0.25, 0.3) is 17.2 Å². The lowest BCUT2D eigenvalue weighted by Crippen LogP contribution is -1.94. The van der Waals surface area contributed by atoms with E-state index in [1.807, 2.05) is 37.3 Å². The van der Waals surface area contributed by atoms with Gasteiger partial charge in [-0.25, -0.2) is 4.39 Å². The fourth-order valence-electron chi connectivity index (χ4n) is 3.12. The van der Waals surface area contributed by atoms with E-state index in [-0.39, 0.29) is 17.4 Å². The first kappa shape index (κ1) is 18.8. The predicted octanol–water partition coefficient (Wildman–Crippen LogP) is 5.17. The van der Waals surface area contributed by atoms with E-state index in [4.69, 9.17) is 0 Å². The molecule has 2 nitrogen and oxygen atoms in total. The molecule has 1 aliphatic carbocycles. The molecule has 0 amide bonds. The smallest absolute Gasteiger partial charge is 0.193 e. The van der Waals surface area contributed by atoms with Crippen LogP contribution in [0.3, 0.4) is 0 Å². The summed E-state index contributed by atoms with van der Waals surface area (Å²) in [6, 6.07) is 12.3. The fourth-order valence-corrected chi connectivity index (χ4v) is 3.93. The topological polar surface area (TPSA) is 34.1 Å². The molecule has 0 heterocycles. The van der Waals surface area contributed by atoms with E-state index < -0.39 is 10.8 Å². The highest BCUT2D eigenvalue weighted by molar-refractivity contribution is 8.13. The standard InChI is InChI=1S/C21H19FO2S2/c1-13-18(10-14-4-7-16(8-5-14)26(3)24)17-9-6-15(22)11-20(17)19(13)12-21(23)25-2/h4-11H,12H2,1-3H3/b18-10-. The number of fused-ring (bicyclic) bond motifs is 1. The van der Waals surface area contributed by atoms with Crippen LogP contribution < -0.4 is 0 Å². The van der Waals surface area contributed by atoms with Crippen molar-refractivity contribution in [3.05, 3.63) is 70.5 Å². The summed E-state index contributed by atoms with van der Waals surface area (Å²) in [6.45, 7) is 1.97. The second-order valence-electron chi connectivity index (χ2n) is 6.13. The summed E-state index contributed by atoms with van der Waals surface area (Å²) in [4.78, 5) is 12.7. The second-order valence-corrected chi connectivity index (χ2v) is 8.37. The summed E-state index contributed by atoms with van der Waals surface area (Å²) in [7, 11) is -1.01. The van der Waals surface area contributed by atoms with Gasteiger partial charge in [-0.15, -0.1) is 0 Å². The van der Waals surface area contributed by atoms with E-state index in [2.05, 4.69) is 0 Å². The first-order valence-corrected chi connectivity index (χ1v) is 10.9. The molecule has 3 rings (SSSR count). The number of carbonyl (C=O) groups excluding carboxylic acids is 1. The van der Waals surface area contributed by atoms with E-state index in [1.165, 1.54) is 23.9 Å². The largest absolute Gasteiger partial charge is 0.287 e. The van der Waals surface area contributed by atoms with Gasteiger partial charge >= 0.3 is 0 Å². The Balaban J connectivity index is 2.08. The molecule has 0 spiro atoms. The summed E-state index contributed by atoms with van der Waals surface area (Å²) in [6.07, 6.45) is 5.73. The lowest BCUT2D eigenvalue weighted by atomic mass is 10.0. The zero-order valence-electron chi connectivity index (χ0n) is 14.8. The number of allylic oxidation sites excluding steroid dienone is 3. The van der Waals surface area contributed by atoms with Crippen molar-refractivity contribution in [3.8, 4) is 0 Å². The summed E-state index contributed by atoms with van der Waals surface area (Å²) >= 11 is 1.19. The summed E-state index contributed by atoms with van der Waals surface area (Å²) < 4.78 is 25.3. The van der Waals surface area contributed by atoms with Gasteiger partial charge in [0.05, 0.1) is 0 Å². The maximum absolute atomic E-state index is 13.8. The van der Waals surface area contributed by atoms with Crippen molar-refractivity contribution in [2.45, 2.75) is 18.2 Å². The SMILES string of the molecule is CSC(=O)CC1=C(C)/C(=C/c2ccc(S(C)=O)cc2)c2ccc(F)cc21. The van der Waals surface area contributed by atoms with Crippen molar-refractivity contribution in [1.82, 2.24) is 0 Å². The minimum absolute atomic E-state index is 0.0607. The lowest BCUT2D eigenvalue weighted by Gasteiger charge is -2.05. The van der Waals surface area contributed by atoms with E-state index >= 15 is 0 Å². The van der Waals surface area contributed by atoms with Gasteiger partial charge in [-0.3, -0.25) is 9.00 Å². The number of hydrogen-bond donors (Lipinski definition) is 0. The molecule has 0 N–H and O–H groups in total. The monoisotopic (exact) mass is 386 g/mol. The van der Waals surface area contributed by atoms with Crippen LogP contribution in [0.4, 0.5) is 4.39 Å². The van der Waals surface area contributed by atoms with Crippen molar-refractivity contribution >= 4 is 44.9 Å². The normalized spacial score (nSPS) is 16.1. The van der Waals surface area contributed by atoms with Gasteiger partial charge in [-0.2, -0.15) is 0 Å². The number of benzene rings is 2. The van der Waals surface area contributed by atoms with Crippen LogP contribution in [0.2, 0.25) is 0 Å². The Labute approximate surface area is 159 Å². The van der Waals surface area contributed by atoms with Crippen LogP contribution in [0.1, 0.15) is 30.0 Å². The van der Waals surface area contributed by atoms with Crippen LogP contribution in [-0.2, 0) is 15.6 Å². The van der Waals surface area contributed by atoms with Gasteiger partial charge in [-0.05, 0) is 76.9 Å². The second kappa shape index (κ2) is 7.72. The molecular formula is C21H19FO2S2. The number of carbonyl (C=O) groups is 1. The van der Waals surface area contributed by atoms with Crippen LogP contribution in [0.5, 0.6) is 0 Å². The Hall–Kier alpha value is -1.98. The highest BCUT2D eigenvalue weighted by atomic mass is 32.2. The zero-order chi connectivity index (χ0) is 18.8. The van der Waals surface area contributed by atoms with Crippen molar-refractivity contribution < 1.29 is 13.4 Å². The minimum Gasteiger partial charge on any atom is -0.287 e. The van der Waals surface area contributed by atoms with Crippen molar-refractivity contribution in [1.29, 1.82) is 0 Å². The number of hydrogen-bond acceptors (Lipinski definition) is 3. The van der Waals surface area contributed by atoms with Gasteiger partial charge in [0.1, 0.15) is 5.82 Å². The predicted molar refractivity (Wildman–Crippen MR) is 109 cm³/mol. The van der Waals surface area contributed by atoms with Gasteiger partial charge in [0.15, 0.2) is 5.12 Å². The molecule has 0 fully saturated rings. The summed E-state index contributed by atoms with van der Waals surface area (Å²) in [5.41, 5.74) is 5.58. The third kappa shape index (κ3) is 3.74. The molecule has 5 heteroatoms. The Morgan fingerprint density at radius 2 is 1.85 bits per heavy atom. The minimum atomic E-state index is -1.01. The molecule has 0 aliphatic heterocycles. The molecule has 0 saturated heterocycles. The molecule has 0 saturated carbocycles. The van der Waals surface area contributed by atoms with E-state index in [0.717, 1.165) is 38.3 Å². The van der Waals surface area contributed by atoms with Crippen molar-refractivity contribution in [2.75, 3.05) is 12.5 Å². The molecule has 0 aromatic heterocycles. The Morgan fingerprint density at radius 3 is 2.46 bits per heavy atom. The third-order valence-electron chi connectivity index (χ3n) is 4.53. The molecule has 2 aromatic carbocycles. The molecule has 0 radical (unpaired) electrons. The summed E-state index contributed by atoms with van der Waals surface area (Å²) in [5.74, 6) is -0.304. The van der Waals surface area contributed by atoms with Crippen LogP contribution in [0, 0.1) is 5.82 Å². The lowest BCUT2D eigenvalue weighted by molar-refractivity contribution is -0.110. The zero-order valence-corrected chi connectivity index (χ0v) is 16.5. The highest BCUT2D eigenvalue weighted by Gasteiger charge is 2.25. The van der Waals surface area contributed by atoms with Crippen LogP contribution in [0.15, 0.2) is 52.9 Å². The van der Waals surface area contributed by atoms with Gasteiger partial charge in [0, 0.05) is 28.4 Å². The fraction of sp³-hybridized carbons (Fsp3) is 0.190. The maximum Gasteiger partial charge on any atom is 0.193 e. The molecule has 1 aliphatic rings. The van der Waals surface area contributed by atoms with Gasteiger partial charge in [0.25, 0.3) is 0 Å². The number of thioether (sulfide) groups is 1. The third-order valence-corrected chi connectivity index (χ3v) is 6.06. The van der Waals surface area contributed by atoms with E-state index in [0.29, 0.717) is 0 Å². The molecule has 1 unspecified atom stereocenters. The quantitative estimate of drug-likeness (QED) is 0.727. The van der Waals surface area contributed by atoms with Gasteiger partial charge in [-0.1, -0.05) is 30.0 Å². The first-order valence-electron chi connectivity index (χ1n) is 8.13. The molecule has 1 atom stereocenters. The van der Waals surface area contributed by atoms with Crippen LogP contribution >= 0.6 is 11.8 Å². The Bertz CT molecular complexity index is 956. The molecule has 26 heavy (non-hydrogen) atoms. The average molecular weight is 387 g/mol.